The first-order valence-electron chi connectivity index (χ1n) is 6.85. The Hall–Kier alpha value is -0.520. The molecule has 1 aromatic heterocycles. The second-order valence-electron chi connectivity index (χ2n) is 5.07. The molecule has 1 saturated carbocycles. The van der Waals surface area contributed by atoms with Gasteiger partial charge in [0.15, 0.2) is 0 Å². The first kappa shape index (κ1) is 14.4. The van der Waals surface area contributed by atoms with Crippen molar-refractivity contribution in [3.8, 4) is 5.75 Å². The van der Waals surface area contributed by atoms with Crippen molar-refractivity contribution < 1.29 is 9.15 Å². The number of ether oxygens (including phenoxy) is 1. The number of nitrogens with one attached hydrogen (secondary N) is 1. The third kappa shape index (κ3) is 2.40. The fraction of sp³-hybridized carbons (Fsp3) is 0.467. The maximum Gasteiger partial charge on any atom is 0.150 e. The zero-order valence-corrected chi connectivity index (χ0v) is 14.7. The van der Waals surface area contributed by atoms with Crippen molar-refractivity contribution in [2.24, 2.45) is 0 Å². The Labute approximate surface area is 135 Å². The highest BCUT2D eigenvalue weighted by Crippen LogP contribution is 2.51. The van der Waals surface area contributed by atoms with Gasteiger partial charge in [-0.3, -0.25) is 0 Å². The molecule has 108 valence electrons. The predicted molar refractivity (Wildman–Crippen MR) is 87.5 cm³/mol. The van der Waals surface area contributed by atoms with Gasteiger partial charge < -0.3 is 14.5 Å². The molecule has 2 aromatic rings. The minimum absolute atomic E-state index is 0.625. The monoisotopic (exact) mass is 401 g/mol. The standard InChI is InChI=1S/C15H17Br2NO2/c1-3-18-7-11-12(8-4-5-8)13-14(17)10(19-2)6-9(16)15(13)20-11/h6,8,18H,3-5,7H2,1-2H3. The molecule has 1 heterocycles. The number of furan rings is 1. The van der Waals surface area contributed by atoms with Gasteiger partial charge >= 0.3 is 0 Å². The summed E-state index contributed by atoms with van der Waals surface area (Å²) in [6.45, 7) is 3.82. The quantitative estimate of drug-likeness (QED) is 0.767. The zero-order valence-electron chi connectivity index (χ0n) is 11.6. The van der Waals surface area contributed by atoms with E-state index < -0.39 is 0 Å². The molecule has 1 aliphatic rings. The van der Waals surface area contributed by atoms with Crippen LogP contribution in [0.25, 0.3) is 11.0 Å². The van der Waals surface area contributed by atoms with Gasteiger partial charge in [0.25, 0.3) is 0 Å². The minimum Gasteiger partial charge on any atom is -0.496 e. The number of benzene rings is 1. The van der Waals surface area contributed by atoms with Crippen LogP contribution < -0.4 is 10.1 Å². The molecule has 1 aliphatic carbocycles. The van der Waals surface area contributed by atoms with Crippen LogP contribution in [0.3, 0.4) is 0 Å². The Morgan fingerprint density at radius 2 is 2.15 bits per heavy atom. The summed E-state index contributed by atoms with van der Waals surface area (Å²) in [5.74, 6) is 2.52. The summed E-state index contributed by atoms with van der Waals surface area (Å²) in [6.07, 6.45) is 2.49. The first-order valence-corrected chi connectivity index (χ1v) is 8.43. The van der Waals surface area contributed by atoms with E-state index >= 15 is 0 Å². The zero-order chi connectivity index (χ0) is 14.3. The second-order valence-corrected chi connectivity index (χ2v) is 6.72. The molecule has 0 bridgehead atoms. The smallest absolute Gasteiger partial charge is 0.150 e. The SMILES string of the molecule is CCNCc1oc2c(Br)cc(OC)c(Br)c2c1C1CC1. The number of fused-ring (bicyclic) bond motifs is 1. The van der Waals surface area contributed by atoms with E-state index in [9.17, 15) is 0 Å². The Balaban J connectivity index is 2.23. The van der Waals surface area contributed by atoms with Crippen LogP contribution in [0, 0.1) is 0 Å². The van der Waals surface area contributed by atoms with E-state index in [-0.39, 0.29) is 0 Å². The van der Waals surface area contributed by atoms with Crippen molar-refractivity contribution in [2.45, 2.75) is 32.2 Å². The van der Waals surface area contributed by atoms with Crippen molar-refractivity contribution >= 4 is 42.8 Å². The van der Waals surface area contributed by atoms with Crippen molar-refractivity contribution in [3.05, 3.63) is 26.3 Å². The van der Waals surface area contributed by atoms with Gasteiger partial charge in [-0.1, -0.05) is 6.92 Å². The molecule has 0 aliphatic heterocycles. The van der Waals surface area contributed by atoms with Gasteiger partial charge in [0.05, 0.1) is 22.6 Å². The fourth-order valence-corrected chi connectivity index (χ4v) is 3.72. The number of halogens is 2. The molecule has 0 unspecified atom stereocenters. The average molecular weight is 403 g/mol. The molecule has 3 rings (SSSR count). The summed E-state index contributed by atoms with van der Waals surface area (Å²) in [4.78, 5) is 0. The Kier molecular flexibility index (Phi) is 4.11. The molecule has 0 atom stereocenters. The minimum atomic E-state index is 0.625. The van der Waals surface area contributed by atoms with Crippen LogP contribution in [0.2, 0.25) is 0 Å². The highest BCUT2D eigenvalue weighted by Gasteiger charge is 2.33. The number of methoxy groups -OCH3 is 1. The van der Waals surface area contributed by atoms with Gasteiger partial charge in [-0.25, -0.2) is 0 Å². The summed E-state index contributed by atoms with van der Waals surface area (Å²) >= 11 is 7.27. The van der Waals surface area contributed by atoms with Gasteiger partial charge in [-0.05, 0) is 63.2 Å². The van der Waals surface area contributed by atoms with E-state index in [1.165, 1.54) is 18.4 Å². The number of hydrogen-bond acceptors (Lipinski definition) is 3. The third-order valence-electron chi connectivity index (χ3n) is 3.67. The molecular formula is C15H17Br2NO2. The van der Waals surface area contributed by atoms with Gasteiger partial charge in [-0.2, -0.15) is 0 Å². The second kappa shape index (κ2) is 5.70. The molecule has 1 N–H and O–H groups in total. The summed E-state index contributed by atoms with van der Waals surface area (Å²) in [7, 11) is 1.69. The van der Waals surface area contributed by atoms with Crippen LogP contribution >= 0.6 is 31.9 Å². The first-order chi connectivity index (χ1) is 9.67. The average Bonchev–Trinajstić information content (AvgIpc) is 3.20. The lowest BCUT2D eigenvalue weighted by molar-refractivity contribution is 0.412. The highest BCUT2D eigenvalue weighted by atomic mass is 79.9. The molecule has 3 nitrogen and oxygen atoms in total. The van der Waals surface area contributed by atoms with E-state index in [0.717, 1.165) is 44.5 Å². The highest BCUT2D eigenvalue weighted by molar-refractivity contribution is 9.11. The third-order valence-corrected chi connectivity index (χ3v) is 5.05. The largest absolute Gasteiger partial charge is 0.496 e. The van der Waals surface area contributed by atoms with Crippen LogP contribution in [-0.2, 0) is 6.54 Å². The van der Waals surface area contributed by atoms with Crippen LogP contribution in [0.4, 0.5) is 0 Å². The molecule has 5 heteroatoms. The molecule has 0 radical (unpaired) electrons. The molecule has 20 heavy (non-hydrogen) atoms. The number of hydrogen-bond donors (Lipinski definition) is 1. The summed E-state index contributed by atoms with van der Waals surface area (Å²) in [5, 5.41) is 4.52. The van der Waals surface area contributed by atoms with Gasteiger partial charge in [-0.15, -0.1) is 0 Å². The summed E-state index contributed by atoms with van der Waals surface area (Å²) in [6, 6.07) is 1.95. The molecule has 1 aromatic carbocycles. The van der Waals surface area contributed by atoms with Gasteiger partial charge in [0, 0.05) is 10.9 Å². The van der Waals surface area contributed by atoms with Crippen LogP contribution in [-0.4, -0.2) is 13.7 Å². The van der Waals surface area contributed by atoms with Crippen molar-refractivity contribution in [1.29, 1.82) is 0 Å². The molecular weight excluding hydrogens is 386 g/mol. The molecule has 0 saturated heterocycles. The van der Waals surface area contributed by atoms with E-state index in [4.69, 9.17) is 9.15 Å². The summed E-state index contributed by atoms with van der Waals surface area (Å²) in [5.41, 5.74) is 2.25. The van der Waals surface area contributed by atoms with Crippen molar-refractivity contribution in [1.82, 2.24) is 5.32 Å². The fourth-order valence-electron chi connectivity index (χ4n) is 2.57. The predicted octanol–water partition coefficient (Wildman–Crippen LogP) is 4.95. The van der Waals surface area contributed by atoms with E-state index in [1.54, 1.807) is 7.11 Å². The van der Waals surface area contributed by atoms with Crippen LogP contribution in [0.15, 0.2) is 19.4 Å². The lowest BCUT2D eigenvalue weighted by atomic mass is 10.1. The normalized spacial score (nSPS) is 15.0. The van der Waals surface area contributed by atoms with Crippen LogP contribution in [0.1, 0.15) is 37.0 Å². The molecule has 1 fully saturated rings. The Morgan fingerprint density at radius 3 is 2.75 bits per heavy atom. The summed E-state index contributed by atoms with van der Waals surface area (Å²) < 4.78 is 13.5. The molecule has 0 amide bonds. The topological polar surface area (TPSA) is 34.4 Å². The van der Waals surface area contributed by atoms with E-state index in [0.29, 0.717) is 5.92 Å². The van der Waals surface area contributed by atoms with E-state index in [1.807, 2.05) is 6.07 Å². The Morgan fingerprint density at radius 1 is 1.40 bits per heavy atom. The van der Waals surface area contributed by atoms with E-state index in [2.05, 4.69) is 44.1 Å². The maximum atomic E-state index is 6.12. The van der Waals surface area contributed by atoms with Crippen molar-refractivity contribution in [3.63, 3.8) is 0 Å². The lowest BCUT2D eigenvalue weighted by Gasteiger charge is -2.06. The number of rotatable bonds is 5. The lowest BCUT2D eigenvalue weighted by Crippen LogP contribution is -2.12. The van der Waals surface area contributed by atoms with Crippen LogP contribution in [0.5, 0.6) is 5.75 Å². The van der Waals surface area contributed by atoms with Gasteiger partial charge in [0.2, 0.25) is 0 Å². The maximum absolute atomic E-state index is 6.12. The Bertz CT molecular complexity index is 647. The van der Waals surface area contributed by atoms with Gasteiger partial charge in [0.1, 0.15) is 17.1 Å². The molecule has 0 spiro atoms. The van der Waals surface area contributed by atoms with Crippen molar-refractivity contribution in [2.75, 3.05) is 13.7 Å².